The molecule has 0 amide bonds. The number of nitrogens with one attached hydrogen (secondary N) is 1. The van der Waals surface area contributed by atoms with Crippen molar-refractivity contribution in [3.63, 3.8) is 0 Å². The number of nitrogens with zero attached hydrogens (tertiary/aromatic N) is 1. The number of phenols is 1. The van der Waals surface area contributed by atoms with Crippen molar-refractivity contribution in [3.05, 3.63) is 59.7 Å². The summed E-state index contributed by atoms with van der Waals surface area (Å²) in [6.07, 6.45) is 4.44. The van der Waals surface area contributed by atoms with E-state index in [1.54, 1.807) is 12.3 Å². The molecule has 100 valence electrons. The van der Waals surface area contributed by atoms with Crippen molar-refractivity contribution >= 4 is 0 Å². The van der Waals surface area contributed by atoms with Crippen LogP contribution in [0.1, 0.15) is 24.1 Å². The maximum Gasteiger partial charge on any atom is 0.126 e. The summed E-state index contributed by atoms with van der Waals surface area (Å²) in [6, 6.07) is 7.99. The van der Waals surface area contributed by atoms with Gasteiger partial charge in [-0.25, -0.2) is 4.39 Å². The molecule has 2 aromatic rings. The highest BCUT2D eigenvalue weighted by Crippen LogP contribution is 2.24. The minimum Gasteiger partial charge on any atom is -0.508 e. The van der Waals surface area contributed by atoms with Crippen molar-refractivity contribution in [3.8, 4) is 5.75 Å². The number of aromatic nitrogens is 1. The van der Waals surface area contributed by atoms with Gasteiger partial charge in [-0.15, -0.1) is 0 Å². The Morgan fingerprint density at radius 2 is 2.21 bits per heavy atom. The number of hydrogen-bond acceptors (Lipinski definition) is 3. The van der Waals surface area contributed by atoms with Gasteiger partial charge in [0.2, 0.25) is 0 Å². The fourth-order valence-corrected chi connectivity index (χ4v) is 1.97. The van der Waals surface area contributed by atoms with Gasteiger partial charge in [-0.1, -0.05) is 12.1 Å². The standard InChI is InChI=1S/C15H17FN2O/c1-11(14-5-4-13(16)9-15(14)19)18-8-6-12-3-2-7-17-10-12/h2-5,7,9-11,18-19H,6,8H2,1H3. The first-order valence-electron chi connectivity index (χ1n) is 6.27. The molecule has 0 spiro atoms. The second-order valence-corrected chi connectivity index (χ2v) is 4.49. The number of aromatic hydroxyl groups is 1. The summed E-state index contributed by atoms with van der Waals surface area (Å²) in [7, 11) is 0. The van der Waals surface area contributed by atoms with E-state index in [1.807, 2.05) is 25.3 Å². The highest BCUT2D eigenvalue weighted by atomic mass is 19.1. The Morgan fingerprint density at radius 3 is 2.89 bits per heavy atom. The first kappa shape index (κ1) is 13.5. The molecule has 0 aliphatic rings. The normalized spacial score (nSPS) is 12.3. The lowest BCUT2D eigenvalue weighted by molar-refractivity contribution is 0.447. The van der Waals surface area contributed by atoms with Gasteiger partial charge in [-0.2, -0.15) is 0 Å². The third kappa shape index (κ3) is 3.76. The number of hydrogen-bond donors (Lipinski definition) is 2. The Morgan fingerprint density at radius 1 is 1.37 bits per heavy atom. The van der Waals surface area contributed by atoms with Crippen molar-refractivity contribution in [1.29, 1.82) is 0 Å². The molecule has 1 unspecified atom stereocenters. The van der Waals surface area contributed by atoms with Crippen molar-refractivity contribution < 1.29 is 9.50 Å². The zero-order valence-corrected chi connectivity index (χ0v) is 10.8. The van der Waals surface area contributed by atoms with E-state index in [4.69, 9.17) is 0 Å². The number of pyridine rings is 1. The number of phenolic OH excluding ortho intramolecular Hbond substituents is 1. The first-order valence-corrected chi connectivity index (χ1v) is 6.27. The predicted molar refractivity (Wildman–Crippen MR) is 72.4 cm³/mol. The third-order valence-electron chi connectivity index (χ3n) is 3.05. The highest BCUT2D eigenvalue weighted by molar-refractivity contribution is 5.34. The topological polar surface area (TPSA) is 45.2 Å². The van der Waals surface area contributed by atoms with E-state index in [0.29, 0.717) is 5.56 Å². The van der Waals surface area contributed by atoms with Gasteiger partial charge >= 0.3 is 0 Å². The fourth-order valence-electron chi connectivity index (χ4n) is 1.97. The third-order valence-corrected chi connectivity index (χ3v) is 3.05. The predicted octanol–water partition coefficient (Wildman–Crippen LogP) is 2.82. The Labute approximate surface area is 112 Å². The Hall–Kier alpha value is -1.94. The molecule has 1 aromatic heterocycles. The maximum atomic E-state index is 12.9. The van der Waals surface area contributed by atoms with Crippen LogP contribution in [0.25, 0.3) is 0 Å². The SMILES string of the molecule is CC(NCCc1cccnc1)c1ccc(F)cc1O. The molecular weight excluding hydrogens is 243 g/mol. The van der Waals surface area contributed by atoms with Crippen molar-refractivity contribution in [2.45, 2.75) is 19.4 Å². The average molecular weight is 260 g/mol. The van der Waals surface area contributed by atoms with Gasteiger partial charge in [-0.3, -0.25) is 4.98 Å². The van der Waals surface area contributed by atoms with E-state index in [0.717, 1.165) is 24.6 Å². The molecule has 0 fully saturated rings. The number of benzene rings is 1. The van der Waals surface area contributed by atoms with Crippen molar-refractivity contribution in [2.24, 2.45) is 0 Å². The molecule has 1 aromatic carbocycles. The van der Waals surface area contributed by atoms with Crippen LogP contribution >= 0.6 is 0 Å². The van der Waals surface area contributed by atoms with Crippen molar-refractivity contribution in [1.82, 2.24) is 10.3 Å². The molecule has 0 saturated heterocycles. The quantitative estimate of drug-likeness (QED) is 0.869. The molecule has 2 rings (SSSR count). The van der Waals surface area contributed by atoms with E-state index >= 15 is 0 Å². The van der Waals surface area contributed by atoms with Crippen LogP contribution in [0.3, 0.4) is 0 Å². The molecule has 0 saturated carbocycles. The van der Waals surface area contributed by atoms with Gasteiger partial charge < -0.3 is 10.4 Å². The van der Waals surface area contributed by atoms with Crippen LogP contribution in [0, 0.1) is 5.82 Å². The Kier molecular flexibility index (Phi) is 4.47. The molecule has 2 N–H and O–H groups in total. The lowest BCUT2D eigenvalue weighted by atomic mass is 10.1. The Balaban J connectivity index is 1.89. The van der Waals surface area contributed by atoms with Crippen LogP contribution in [0.2, 0.25) is 0 Å². The number of rotatable bonds is 5. The molecule has 4 heteroatoms. The van der Waals surface area contributed by atoms with Gasteiger partial charge in [0.1, 0.15) is 11.6 Å². The molecule has 19 heavy (non-hydrogen) atoms. The zero-order chi connectivity index (χ0) is 13.7. The molecule has 1 heterocycles. The van der Waals surface area contributed by atoms with Gasteiger partial charge in [-0.05, 0) is 37.6 Å². The second kappa shape index (κ2) is 6.29. The summed E-state index contributed by atoms with van der Waals surface area (Å²) in [5.74, 6) is -0.440. The van der Waals surface area contributed by atoms with Gasteiger partial charge in [0.05, 0.1) is 0 Å². The van der Waals surface area contributed by atoms with Gasteiger partial charge in [0.15, 0.2) is 0 Å². The highest BCUT2D eigenvalue weighted by Gasteiger charge is 2.10. The summed E-state index contributed by atoms with van der Waals surface area (Å²) >= 11 is 0. The van der Waals surface area contributed by atoms with E-state index in [-0.39, 0.29) is 11.8 Å². The summed E-state index contributed by atoms with van der Waals surface area (Å²) in [5, 5.41) is 13.0. The van der Waals surface area contributed by atoms with E-state index in [1.165, 1.54) is 6.07 Å². The van der Waals surface area contributed by atoms with Gasteiger partial charge in [0.25, 0.3) is 0 Å². The molecule has 1 atom stereocenters. The second-order valence-electron chi connectivity index (χ2n) is 4.49. The molecule has 0 bridgehead atoms. The first-order chi connectivity index (χ1) is 9.16. The molecule has 0 radical (unpaired) electrons. The summed E-state index contributed by atoms with van der Waals surface area (Å²) in [6.45, 7) is 2.71. The largest absolute Gasteiger partial charge is 0.508 e. The van der Waals surface area contributed by atoms with Crippen LogP contribution in [-0.4, -0.2) is 16.6 Å². The minimum absolute atomic E-state index is 0.0126. The van der Waals surface area contributed by atoms with Gasteiger partial charge in [0, 0.05) is 30.1 Å². The monoisotopic (exact) mass is 260 g/mol. The molecule has 0 aliphatic heterocycles. The summed E-state index contributed by atoms with van der Waals surface area (Å²) in [4.78, 5) is 4.05. The van der Waals surface area contributed by atoms with Crippen LogP contribution in [-0.2, 0) is 6.42 Å². The molecular formula is C15H17FN2O. The molecule has 3 nitrogen and oxygen atoms in total. The Bertz CT molecular complexity index is 531. The summed E-state index contributed by atoms with van der Waals surface area (Å²) < 4.78 is 12.9. The summed E-state index contributed by atoms with van der Waals surface area (Å²) in [5.41, 5.74) is 1.86. The van der Waals surface area contributed by atoms with Crippen LogP contribution < -0.4 is 5.32 Å². The fraction of sp³-hybridized carbons (Fsp3) is 0.267. The lowest BCUT2D eigenvalue weighted by Gasteiger charge is -2.15. The van der Waals surface area contributed by atoms with Crippen LogP contribution in [0.15, 0.2) is 42.7 Å². The molecule has 0 aliphatic carbocycles. The van der Waals surface area contributed by atoms with E-state index in [9.17, 15) is 9.50 Å². The van der Waals surface area contributed by atoms with Crippen LogP contribution in [0.4, 0.5) is 4.39 Å². The van der Waals surface area contributed by atoms with E-state index < -0.39 is 5.82 Å². The maximum absolute atomic E-state index is 12.9. The average Bonchev–Trinajstić information content (AvgIpc) is 2.39. The minimum atomic E-state index is -0.427. The van der Waals surface area contributed by atoms with E-state index in [2.05, 4.69) is 10.3 Å². The smallest absolute Gasteiger partial charge is 0.126 e. The van der Waals surface area contributed by atoms with Crippen LogP contribution in [0.5, 0.6) is 5.75 Å². The number of halogens is 1. The zero-order valence-electron chi connectivity index (χ0n) is 10.8. The van der Waals surface area contributed by atoms with Crippen molar-refractivity contribution in [2.75, 3.05) is 6.54 Å². The lowest BCUT2D eigenvalue weighted by Crippen LogP contribution is -2.21.